The number of fused-ring (bicyclic) bond motifs is 2. The molecule has 4 aromatic rings. The fraction of sp³-hybridized carbons (Fsp3) is 0.407. The highest BCUT2D eigenvalue weighted by Crippen LogP contribution is 2.31. The van der Waals surface area contributed by atoms with Crippen molar-refractivity contribution in [2.75, 3.05) is 5.32 Å². The van der Waals surface area contributed by atoms with Gasteiger partial charge in [0, 0.05) is 34.8 Å². The lowest BCUT2D eigenvalue weighted by Crippen LogP contribution is -2.18. The Bertz CT molecular complexity index is 1390. The summed E-state index contributed by atoms with van der Waals surface area (Å²) in [6.07, 6.45) is 2.50. The molecule has 1 saturated carbocycles. The number of benzene rings is 2. The van der Waals surface area contributed by atoms with Crippen LogP contribution >= 0.6 is 56.8 Å². The molecule has 1 fully saturated rings. The van der Waals surface area contributed by atoms with Crippen molar-refractivity contribution in [3.05, 3.63) is 60.3 Å². The van der Waals surface area contributed by atoms with Gasteiger partial charge in [-0.25, -0.2) is 19.9 Å². The Kier molecular flexibility index (Phi) is 7.79. The molecule has 0 unspecified atom stereocenters. The predicted octanol–water partition coefficient (Wildman–Crippen LogP) is 8.29. The summed E-state index contributed by atoms with van der Waals surface area (Å²) < 4.78 is 2.36. The van der Waals surface area contributed by atoms with Crippen LogP contribution in [0.2, 0.25) is 5.15 Å². The fourth-order valence-corrected chi connectivity index (χ4v) is 4.58. The molecule has 184 valence electrons. The lowest BCUT2D eigenvalue weighted by atomic mass is 9.95. The quantitative estimate of drug-likeness (QED) is 0.167. The van der Waals surface area contributed by atoms with Crippen molar-refractivity contribution in [3.63, 3.8) is 0 Å². The maximum Gasteiger partial charge on any atom is 0.140 e. The lowest BCUT2D eigenvalue weighted by molar-refractivity contribution is 0.548. The van der Waals surface area contributed by atoms with Gasteiger partial charge < -0.3 is 5.32 Å². The van der Waals surface area contributed by atoms with Crippen LogP contribution in [0.25, 0.3) is 21.8 Å². The summed E-state index contributed by atoms with van der Waals surface area (Å²) in [6.45, 7) is 12.7. The Morgan fingerprint density at radius 3 is 1.74 bits per heavy atom. The van der Waals surface area contributed by atoms with Gasteiger partial charge in [0.1, 0.15) is 22.6 Å². The number of nitrogens with one attached hydrogen (secondary N) is 1. The molecule has 0 amide bonds. The summed E-state index contributed by atoms with van der Waals surface area (Å²) in [6, 6.07) is 13.0. The Balaban J connectivity index is 0.000000168. The molecule has 0 saturated heterocycles. The second-order valence-corrected chi connectivity index (χ2v) is 13.8. The van der Waals surface area contributed by atoms with E-state index in [2.05, 4.69) is 120 Å². The number of nitrogens with zero attached hydrogens (tertiary/aromatic N) is 4. The average Bonchev–Trinajstić information content (AvgIpc) is 3.57. The molecule has 5 nitrogen and oxygen atoms in total. The van der Waals surface area contributed by atoms with Crippen LogP contribution in [-0.2, 0) is 10.8 Å². The van der Waals surface area contributed by atoms with E-state index in [1.54, 1.807) is 0 Å². The number of anilines is 1. The number of rotatable bonds is 2. The van der Waals surface area contributed by atoms with Crippen LogP contribution in [-0.4, -0.2) is 26.0 Å². The number of aromatic nitrogens is 4. The smallest absolute Gasteiger partial charge is 0.140 e. The maximum atomic E-state index is 6.19. The molecule has 2 aromatic heterocycles. The van der Waals surface area contributed by atoms with Crippen LogP contribution in [0.15, 0.2) is 36.4 Å². The molecule has 35 heavy (non-hydrogen) atoms. The standard InChI is InChI=1S/C15H18IN3.C12H12ClIN2/c1-15(2,3)14-18-12-7-4-9(16)8-11(12)13(19-14)17-10-5-6-10;1-12(2,3)11-15-9-5-4-7(14)6-8(9)10(13)16-11/h4,7-8,10H,5-6H2,1-3H3,(H,17,18,19);4-6H,1-3H3. The van der Waals surface area contributed by atoms with E-state index in [0.717, 1.165) is 42.8 Å². The number of hydrogen-bond acceptors (Lipinski definition) is 5. The van der Waals surface area contributed by atoms with Gasteiger partial charge in [0.05, 0.1) is 11.0 Å². The zero-order valence-electron chi connectivity index (χ0n) is 20.9. The molecule has 1 aliphatic carbocycles. The summed E-state index contributed by atoms with van der Waals surface area (Å²) in [5, 5.41) is 6.13. The van der Waals surface area contributed by atoms with Crippen molar-refractivity contribution in [1.29, 1.82) is 0 Å². The van der Waals surface area contributed by atoms with E-state index in [-0.39, 0.29) is 10.8 Å². The molecule has 1 aliphatic rings. The Morgan fingerprint density at radius 1 is 0.743 bits per heavy atom. The van der Waals surface area contributed by atoms with Crippen LogP contribution < -0.4 is 5.32 Å². The Morgan fingerprint density at radius 2 is 1.23 bits per heavy atom. The third-order valence-corrected chi connectivity index (χ3v) is 7.16. The monoisotopic (exact) mass is 713 g/mol. The number of hydrogen-bond donors (Lipinski definition) is 1. The Labute approximate surface area is 239 Å². The molecule has 8 heteroatoms. The second-order valence-electron chi connectivity index (χ2n) is 11.0. The van der Waals surface area contributed by atoms with Gasteiger partial charge >= 0.3 is 0 Å². The van der Waals surface area contributed by atoms with Crippen LogP contribution in [0.3, 0.4) is 0 Å². The van der Waals surface area contributed by atoms with Gasteiger partial charge in [-0.2, -0.15) is 0 Å². The molecule has 0 spiro atoms. The molecular weight excluding hydrogens is 684 g/mol. The van der Waals surface area contributed by atoms with Crippen molar-refractivity contribution in [1.82, 2.24) is 19.9 Å². The third-order valence-electron chi connectivity index (χ3n) is 5.53. The first kappa shape index (κ1) is 26.7. The predicted molar refractivity (Wildman–Crippen MR) is 164 cm³/mol. The molecule has 1 N–H and O–H groups in total. The van der Waals surface area contributed by atoms with Crippen molar-refractivity contribution in [2.24, 2.45) is 0 Å². The van der Waals surface area contributed by atoms with Crippen molar-refractivity contribution in [2.45, 2.75) is 71.3 Å². The largest absolute Gasteiger partial charge is 0.367 e. The van der Waals surface area contributed by atoms with Crippen LogP contribution in [0.5, 0.6) is 0 Å². The van der Waals surface area contributed by atoms with Gasteiger partial charge in [0.15, 0.2) is 0 Å². The molecule has 0 aliphatic heterocycles. The molecule has 5 rings (SSSR count). The summed E-state index contributed by atoms with van der Waals surface area (Å²) in [7, 11) is 0. The first-order chi connectivity index (χ1) is 16.3. The summed E-state index contributed by atoms with van der Waals surface area (Å²) in [5.74, 6) is 2.69. The zero-order valence-corrected chi connectivity index (χ0v) is 25.9. The Hall–Kier alpha value is -1.33. The van der Waals surface area contributed by atoms with E-state index < -0.39 is 0 Å². The molecule has 2 aromatic carbocycles. The van der Waals surface area contributed by atoms with Crippen LogP contribution in [0.1, 0.15) is 66.0 Å². The number of halogens is 3. The highest BCUT2D eigenvalue weighted by atomic mass is 127. The SMILES string of the molecule is CC(C)(C)c1nc(Cl)c2cc(I)ccc2n1.CC(C)(C)c1nc(NC2CC2)c2cc(I)ccc2n1. The van der Waals surface area contributed by atoms with E-state index >= 15 is 0 Å². The van der Waals surface area contributed by atoms with E-state index in [9.17, 15) is 0 Å². The van der Waals surface area contributed by atoms with Crippen molar-refractivity contribution < 1.29 is 0 Å². The van der Waals surface area contributed by atoms with Crippen molar-refractivity contribution in [3.8, 4) is 0 Å². The minimum absolute atomic E-state index is 0.0306. The van der Waals surface area contributed by atoms with Crippen molar-refractivity contribution >= 4 is 84.4 Å². The van der Waals surface area contributed by atoms with E-state index in [0.29, 0.717) is 11.2 Å². The lowest BCUT2D eigenvalue weighted by Gasteiger charge is -2.19. The summed E-state index contributed by atoms with van der Waals surface area (Å²) in [4.78, 5) is 18.4. The first-order valence-electron chi connectivity index (χ1n) is 11.7. The molecule has 0 radical (unpaired) electrons. The minimum atomic E-state index is -0.0825. The highest BCUT2D eigenvalue weighted by molar-refractivity contribution is 14.1. The van der Waals surface area contributed by atoms with Gasteiger partial charge in [-0.05, 0) is 94.4 Å². The fourth-order valence-electron chi connectivity index (χ4n) is 3.37. The second kappa shape index (κ2) is 10.2. The molecule has 2 heterocycles. The normalized spacial score (nSPS) is 14.1. The zero-order chi connectivity index (χ0) is 25.5. The third kappa shape index (κ3) is 6.71. The topological polar surface area (TPSA) is 63.6 Å². The minimum Gasteiger partial charge on any atom is -0.367 e. The highest BCUT2D eigenvalue weighted by Gasteiger charge is 2.25. The van der Waals surface area contributed by atoms with E-state index in [1.165, 1.54) is 16.4 Å². The average molecular weight is 714 g/mol. The summed E-state index contributed by atoms with van der Waals surface area (Å²) >= 11 is 10.8. The maximum absolute atomic E-state index is 6.19. The molecule has 0 atom stereocenters. The first-order valence-corrected chi connectivity index (χ1v) is 14.2. The van der Waals surface area contributed by atoms with Gasteiger partial charge in [-0.15, -0.1) is 0 Å². The van der Waals surface area contributed by atoms with Gasteiger partial charge in [0.25, 0.3) is 0 Å². The summed E-state index contributed by atoms with van der Waals surface area (Å²) in [5.41, 5.74) is 1.83. The van der Waals surface area contributed by atoms with Gasteiger partial charge in [-0.3, -0.25) is 0 Å². The van der Waals surface area contributed by atoms with E-state index in [1.807, 2.05) is 18.2 Å². The van der Waals surface area contributed by atoms with E-state index in [4.69, 9.17) is 21.6 Å². The van der Waals surface area contributed by atoms with Gasteiger partial charge in [0.2, 0.25) is 0 Å². The van der Waals surface area contributed by atoms with Crippen LogP contribution in [0, 0.1) is 7.14 Å². The molecule has 0 bridgehead atoms. The van der Waals surface area contributed by atoms with Crippen LogP contribution in [0.4, 0.5) is 5.82 Å². The molecular formula is C27H30ClI2N5. The van der Waals surface area contributed by atoms with Gasteiger partial charge in [-0.1, -0.05) is 53.1 Å².